The maximum absolute atomic E-state index is 11.7. The van der Waals surface area contributed by atoms with Gasteiger partial charge in [0, 0.05) is 6.07 Å². The van der Waals surface area contributed by atoms with Gasteiger partial charge >= 0.3 is 6.18 Å². The van der Waals surface area contributed by atoms with E-state index in [1.54, 1.807) is 0 Å². The molecule has 2 N–H and O–H groups in total. The van der Waals surface area contributed by atoms with Crippen LogP contribution in [0.2, 0.25) is 0 Å². The SMILES string of the molecule is Nc1ccc(OCCC(F)(F)F)nn1. The zero-order valence-corrected chi connectivity index (χ0v) is 7.08. The van der Waals surface area contributed by atoms with Gasteiger partial charge in [0.25, 0.3) is 0 Å². The Kier molecular flexibility index (Phi) is 3.10. The van der Waals surface area contributed by atoms with E-state index >= 15 is 0 Å². The number of hydrogen-bond donors (Lipinski definition) is 1. The molecule has 14 heavy (non-hydrogen) atoms. The van der Waals surface area contributed by atoms with Gasteiger partial charge < -0.3 is 10.5 Å². The van der Waals surface area contributed by atoms with Gasteiger partial charge in [-0.25, -0.2) is 0 Å². The van der Waals surface area contributed by atoms with Gasteiger partial charge in [0.05, 0.1) is 13.0 Å². The number of nitrogens with two attached hydrogens (primary N) is 1. The van der Waals surface area contributed by atoms with Crippen LogP contribution in [0.3, 0.4) is 0 Å². The van der Waals surface area contributed by atoms with Crippen molar-refractivity contribution in [3.05, 3.63) is 12.1 Å². The molecule has 0 saturated heterocycles. The van der Waals surface area contributed by atoms with Crippen molar-refractivity contribution in [3.8, 4) is 5.88 Å². The molecule has 0 saturated carbocycles. The van der Waals surface area contributed by atoms with Gasteiger partial charge in [0.2, 0.25) is 5.88 Å². The third kappa shape index (κ3) is 3.92. The van der Waals surface area contributed by atoms with Gasteiger partial charge in [0.15, 0.2) is 0 Å². The number of nitrogens with zero attached hydrogens (tertiary/aromatic N) is 2. The summed E-state index contributed by atoms with van der Waals surface area (Å²) in [5.74, 6) is 0.219. The Morgan fingerprint density at radius 3 is 2.50 bits per heavy atom. The number of aromatic nitrogens is 2. The molecule has 1 rings (SSSR count). The highest BCUT2D eigenvalue weighted by atomic mass is 19.4. The van der Waals surface area contributed by atoms with E-state index < -0.39 is 19.2 Å². The van der Waals surface area contributed by atoms with E-state index in [0.29, 0.717) is 0 Å². The van der Waals surface area contributed by atoms with E-state index in [-0.39, 0.29) is 11.7 Å². The van der Waals surface area contributed by atoms with E-state index in [4.69, 9.17) is 5.73 Å². The first-order chi connectivity index (χ1) is 6.47. The summed E-state index contributed by atoms with van der Waals surface area (Å²) in [7, 11) is 0. The number of anilines is 1. The predicted molar refractivity (Wildman–Crippen MR) is 42.6 cm³/mol. The molecule has 1 aromatic heterocycles. The summed E-state index contributed by atoms with van der Waals surface area (Å²) >= 11 is 0. The van der Waals surface area contributed by atoms with Gasteiger partial charge in [-0.15, -0.1) is 10.2 Å². The Bertz CT molecular complexity index is 285. The molecule has 0 aliphatic heterocycles. The van der Waals surface area contributed by atoms with Crippen LogP contribution in [0, 0.1) is 0 Å². The van der Waals surface area contributed by atoms with E-state index in [9.17, 15) is 13.2 Å². The summed E-state index contributed by atoms with van der Waals surface area (Å²) in [6.45, 7) is -0.470. The maximum atomic E-state index is 11.7. The molecule has 0 amide bonds. The van der Waals surface area contributed by atoms with Crippen LogP contribution >= 0.6 is 0 Å². The lowest BCUT2D eigenvalue weighted by Gasteiger charge is -2.06. The fourth-order valence-corrected chi connectivity index (χ4v) is 0.679. The molecule has 0 unspecified atom stereocenters. The maximum Gasteiger partial charge on any atom is 0.392 e. The Hall–Kier alpha value is -1.53. The molecular weight excluding hydrogens is 199 g/mol. The van der Waals surface area contributed by atoms with Gasteiger partial charge in [-0.05, 0) is 6.07 Å². The first-order valence-corrected chi connectivity index (χ1v) is 3.76. The molecule has 1 heterocycles. The quantitative estimate of drug-likeness (QED) is 0.813. The standard InChI is InChI=1S/C7H8F3N3O/c8-7(9,10)3-4-14-6-2-1-5(11)12-13-6/h1-2H,3-4H2,(H2,11,12). The smallest absolute Gasteiger partial charge is 0.392 e. The van der Waals surface area contributed by atoms with Crippen LogP contribution in [0.5, 0.6) is 5.88 Å². The third-order valence-corrected chi connectivity index (χ3v) is 1.30. The Morgan fingerprint density at radius 1 is 1.29 bits per heavy atom. The summed E-state index contributed by atoms with van der Waals surface area (Å²) in [6.07, 6.45) is -5.24. The van der Waals surface area contributed by atoms with Crippen LogP contribution in [0.4, 0.5) is 19.0 Å². The first kappa shape index (κ1) is 10.6. The lowest BCUT2D eigenvalue weighted by molar-refractivity contribution is -0.139. The van der Waals surface area contributed by atoms with Crippen LogP contribution in [-0.4, -0.2) is 23.0 Å². The van der Waals surface area contributed by atoms with Crippen molar-refractivity contribution in [2.75, 3.05) is 12.3 Å². The molecule has 0 aliphatic rings. The first-order valence-electron chi connectivity index (χ1n) is 3.76. The highest BCUT2D eigenvalue weighted by Gasteiger charge is 2.26. The van der Waals surface area contributed by atoms with Crippen LogP contribution in [0.15, 0.2) is 12.1 Å². The molecule has 0 aromatic carbocycles. The second-order valence-corrected chi connectivity index (χ2v) is 2.51. The fraction of sp³-hybridized carbons (Fsp3) is 0.429. The second kappa shape index (κ2) is 4.12. The van der Waals surface area contributed by atoms with Crippen LogP contribution in [-0.2, 0) is 0 Å². The molecular formula is C7H8F3N3O. The van der Waals surface area contributed by atoms with E-state index in [1.165, 1.54) is 12.1 Å². The number of halogens is 3. The summed E-state index contributed by atoms with van der Waals surface area (Å²) in [5, 5.41) is 6.85. The van der Waals surface area contributed by atoms with Crippen molar-refractivity contribution in [2.24, 2.45) is 0 Å². The zero-order chi connectivity index (χ0) is 10.6. The lowest BCUT2D eigenvalue weighted by atomic mass is 10.4. The minimum atomic E-state index is -4.22. The van der Waals surface area contributed by atoms with Crippen molar-refractivity contribution in [3.63, 3.8) is 0 Å². The average molecular weight is 207 g/mol. The van der Waals surface area contributed by atoms with E-state index in [1.807, 2.05) is 0 Å². The highest BCUT2D eigenvalue weighted by molar-refractivity contribution is 5.27. The summed E-state index contributed by atoms with van der Waals surface area (Å²) < 4.78 is 39.7. The van der Waals surface area contributed by atoms with Crippen LogP contribution in [0.25, 0.3) is 0 Å². The van der Waals surface area contributed by atoms with Crippen molar-refractivity contribution < 1.29 is 17.9 Å². The molecule has 1 aromatic rings. The van der Waals surface area contributed by atoms with Crippen molar-refractivity contribution >= 4 is 5.82 Å². The van der Waals surface area contributed by atoms with Crippen LogP contribution < -0.4 is 10.5 Å². The van der Waals surface area contributed by atoms with Gasteiger partial charge in [-0.1, -0.05) is 0 Å². The zero-order valence-electron chi connectivity index (χ0n) is 7.08. The van der Waals surface area contributed by atoms with Crippen LogP contribution in [0.1, 0.15) is 6.42 Å². The summed E-state index contributed by atoms with van der Waals surface area (Å²) in [6, 6.07) is 2.76. The second-order valence-electron chi connectivity index (χ2n) is 2.51. The van der Waals surface area contributed by atoms with Gasteiger partial charge in [-0.3, -0.25) is 0 Å². The number of hydrogen-bond acceptors (Lipinski definition) is 4. The van der Waals surface area contributed by atoms with Crippen molar-refractivity contribution in [1.82, 2.24) is 10.2 Å². The molecule has 0 atom stereocenters. The van der Waals surface area contributed by atoms with E-state index in [0.717, 1.165) is 0 Å². The minimum absolute atomic E-state index is 0.0310. The van der Waals surface area contributed by atoms with Gasteiger partial charge in [0.1, 0.15) is 5.82 Å². The largest absolute Gasteiger partial charge is 0.476 e. The number of ether oxygens (including phenoxy) is 1. The fourth-order valence-electron chi connectivity index (χ4n) is 0.679. The summed E-state index contributed by atoms with van der Waals surface area (Å²) in [5.41, 5.74) is 5.22. The Morgan fingerprint density at radius 2 is 2.00 bits per heavy atom. The van der Waals surface area contributed by atoms with Gasteiger partial charge in [-0.2, -0.15) is 13.2 Å². The minimum Gasteiger partial charge on any atom is -0.476 e. The molecule has 78 valence electrons. The molecule has 0 fully saturated rings. The predicted octanol–water partition coefficient (Wildman–Crippen LogP) is 1.39. The molecule has 0 aliphatic carbocycles. The summed E-state index contributed by atoms with van der Waals surface area (Å²) in [4.78, 5) is 0. The monoisotopic (exact) mass is 207 g/mol. The molecule has 0 radical (unpaired) electrons. The topological polar surface area (TPSA) is 61.0 Å². The Labute approximate surface area is 77.9 Å². The molecule has 0 spiro atoms. The average Bonchev–Trinajstić information content (AvgIpc) is 2.06. The van der Waals surface area contributed by atoms with Crippen molar-refractivity contribution in [2.45, 2.75) is 12.6 Å². The molecule has 4 nitrogen and oxygen atoms in total. The lowest BCUT2D eigenvalue weighted by Crippen LogP contribution is -2.13. The number of nitrogen functional groups attached to an aromatic ring is 1. The number of rotatable bonds is 3. The van der Waals surface area contributed by atoms with Crippen molar-refractivity contribution in [1.29, 1.82) is 0 Å². The third-order valence-electron chi connectivity index (χ3n) is 1.30. The molecule has 0 bridgehead atoms. The normalized spacial score (nSPS) is 11.4. The number of alkyl halides is 3. The molecule has 7 heteroatoms. The highest BCUT2D eigenvalue weighted by Crippen LogP contribution is 2.19. The van der Waals surface area contributed by atoms with E-state index in [2.05, 4.69) is 14.9 Å². The Balaban J connectivity index is 2.35.